The number of amides is 1. The first kappa shape index (κ1) is 41.7. The summed E-state index contributed by atoms with van der Waals surface area (Å²) in [6, 6.07) is 35.1. The fraction of sp³-hybridized carbons (Fsp3) is 0.341. The maximum Gasteiger partial charge on any atom is 0.351 e. The molecule has 1 aromatic heterocycles. The normalized spacial score (nSPS) is 23.0. The number of rotatable bonds is 15. The molecule has 3 saturated heterocycles. The molecule has 0 spiro atoms. The van der Waals surface area contributed by atoms with Crippen LogP contribution in [0.4, 0.5) is 5.82 Å². The lowest BCUT2D eigenvalue weighted by atomic mass is 9.80. The Bertz CT molecular complexity index is 2380. The number of fused-ring (bicyclic) bond motifs is 1. The highest BCUT2D eigenvalue weighted by Gasteiger charge is 2.51. The van der Waals surface area contributed by atoms with Crippen LogP contribution in [0.5, 0.6) is 11.5 Å². The molecule has 1 amide bonds. The molecular weight excluding hydrogens is 808 g/mol. The number of nitrogens with one attached hydrogen (secondary N) is 1. The molecule has 0 saturated carbocycles. The third kappa shape index (κ3) is 8.62. The van der Waals surface area contributed by atoms with Crippen LogP contribution in [0.2, 0.25) is 0 Å². The van der Waals surface area contributed by atoms with Gasteiger partial charge in [-0.25, -0.2) is 17.9 Å². The van der Waals surface area contributed by atoms with E-state index in [0.29, 0.717) is 18.0 Å². The Morgan fingerprint density at radius 2 is 1.48 bits per heavy atom. The molecule has 4 aromatic carbocycles. The molecule has 16 heteroatoms. The van der Waals surface area contributed by atoms with Crippen molar-refractivity contribution in [2.75, 3.05) is 38.4 Å². The standard InChI is InChI=1S/C44H47N4O10PS/c1-30(49)45-41-24-26-47(43(50)46-41)42-27-38(57-59-48-25-10-15-37(48)40(58-59)29-60(51,52)36-13-8-5-9-14-36)39(56-42)28-55-44(31-11-6-4-7-12-31,32-16-20-34(53-2)21-17-32)33-18-22-35(54-3)23-19-33/h4-9,11-14,16-24,26,37-40,42H,10,15,25,27-29H2,1-3H3,(H,45,46,49,50)/t37-,38+,39-,40+,42+,59+/m0/s1. The molecule has 0 aliphatic carbocycles. The molecule has 0 unspecified atom stereocenters. The summed E-state index contributed by atoms with van der Waals surface area (Å²) in [6.45, 7) is 2.03. The van der Waals surface area contributed by atoms with Gasteiger partial charge in [0, 0.05) is 32.1 Å². The number of carbonyl (C=O) groups is 1. The number of carbonyl (C=O) groups excluding carboxylic acids is 1. The van der Waals surface area contributed by atoms with Crippen molar-refractivity contribution in [3.63, 3.8) is 0 Å². The Morgan fingerprint density at radius 1 is 0.867 bits per heavy atom. The zero-order chi connectivity index (χ0) is 41.9. The van der Waals surface area contributed by atoms with E-state index >= 15 is 0 Å². The van der Waals surface area contributed by atoms with E-state index < -0.39 is 54.2 Å². The van der Waals surface area contributed by atoms with Crippen LogP contribution in [0, 0.1) is 0 Å². The average molecular weight is 855 g/mol. The first-order valence-electron chi connectivity index (χ1n) is 19.8. The molecule has 0 bridgehead atoms. The van der Waals surface area contributed by atoms with Gasteiger partial charge in [0.25, 0.3) is 8.53 Å². The first-order chi connectivity index (χ1) is 29.1. The first-order valence-corrected chi connectivity index (χ1v) is 22.5. The van der Waals surface area contributed by atoms with Gasteiger partial charge in [0.15, 0.2) is 9.84 Å². The maximum atomic E-state index is 13.6. The summed E-state index contributed by atoms with van der Waals surface area (Å²) in [7, 11) is -2.13. The number of sulfone groups is 1. The second-order valence-corrected chi connectivity index (χ2v) is 18.3. The van der Waals surface area contributed by atoms with Gasteiger partial charge in [0.05, 0.1) is 43.7 Å². The van der Waals surface area contributed by atoms with E-state index in [1.54, 1.807) is 44.6 Å². The van der Waals surface area contributed by atoms with E-state index in [1.807, 2.05) is 78.9 Å². The largest absolute Gasteiger partial charge is 0.497 e. The molecule has 3 aliphatic rings. The lowest BCUT2D eigenvalue weighted by molar-refractivity contribution is -0.114. The Balaban J connectivity index is 1.14. The summed E-state index contributed by atoms with van der Waals surface area (Å²) in [5.74, 6) is 0.959. The highest BCUT2D eigenvalue weighted by Crippen LogP contribution is 2.58. The van der Waals surface area contributed by atoms with Crippen molar-refractivity contribution >= 4 is 30.1 Å². The number of hydrogen-bond donors (Lipinski definition) is 1. The van der Waals surface area contributed by atoms with Crippen LogP contribution in [0.3, 0.4) is 0 Å². The summed E-state index contributed by atoms with van der Waals surface area (Å²) >= 11 is 0. The van der Waals surface area contributed by atoms with E-state index in [1.165, 1.54) is 23.8 Å². The second-order valence-electron chi connectivity index (χ2n) is 14.9. The highest BCUT2D eigenvalue weighted by molar-refractivity contribution is 7.91. The Hall–Kier alpha value is -4.99. The van der Waals surface area contributed by atoms with Crippen LogP contribution < -0.4 is 20.5 Å². The van der Waals surface area contributed by atoms with E-state index in [2.05, 4.69) is 15.0 Å². The molecule has 14 nitrogen and oxygen atoms in total. The van der Waals surface area contributed by atoms with Gasteiger partial charge in [-0.2, -0.15) is 4.98 Å². The lowest BCUT2D eigenvalue weighted by Crippen LogP contribution is -2.38. The van der Waals surface area contributed by atoms with Crippen molar-refractivity contribution in [1.82, 2.24) is 14.2 Å². The van der Waals surface area contributed by atoms with Gasteiger partial charge in [-0.05, 0) is 72.0 Å². The summed E-state index contributed by atoms with van der Waals surface area (Å²) in [6.07, 6.45) is 0.603. The third-order valence-corrected chi connectivity index (χ3v) is 14.7. The fourth-order valence-electron chi connectivity index (χ4n) is 8.18. The van der Waals surface area contributed by atoms with Gasteiger partial charge >= 0.3 is 5.69 Å². The molecule has 60 heavy (non-hydrogen) atoms. The molecule has 5 aromatic rings. The monoisotopic (exact) mass is 854 g/mol. The van der Waals surface area contributed by atoms with Crippen molar-refractivity contribution in [1.29, 1.82) is 0 Å². The van der Waals surface area contributed by atoms with Gasteiger partial charge < -0.3 is 33.3 Å². The van der Waals surface area contributed by atoms with Gasteiger partial charge in [-0.1, -0.05) is 72.8 Å². The Kier molecular flexibility index (Phi) is 12.5. The SMILES string of the molecule is COc1ccc(C(OC[C@@H]2O[C@@H](n3ccc(NC(C)=O)nc3=O)C[C@H]2O[P@]2O[C@H](CS(=O)(=O)c3ccccc3)[C@@H]3CCCN32)(c2ccccc2)c2ccc(OC)cc2)cc1. The smallest absolute Gasteiger partial charge is 0.351 e. The number of hydrogen-bond acceptors (Lipinski definition) is 12. The van der Waals surface area contributed by atoms with Gasteiger partial charge in [-0.15, -0.1) is 0 Å². The van der Waals surface area contributed by atoms with E-state index in [-0.39, 0.29) is 41.4 Å². The molecule has 4 heterocycles. The van der Waals surface area contributed by atoms with E-state index in [0.717, 1.165) is 29.5 Å². The number of anilines is 1. The van der Waals surface area contributed by atoms with Gasteiger partial charge in [0.2, 0.25) is 5.91 Å². The van der Waals surface area contributed by atoms with Crippen LogP contribution in [0.1, 0.15) is 49.1 Å². The van der Waals surface area contributed by atoms with E-state index in [9.17, 15) is 18.0 Å². The summed E-state index contributed by atoms with van der Waals surface area (Å²) < 4.78 is 69.1. The average Bonchev–Trinajstić information content (AvgIpc) is 3.99. The summed E-state index contributed by atoms with van der Waals surface area (Å²) in [5.41, 5.74) is 0.719. The molecule has 8 rings (SSSR count). The number of ether oxygens (including phenoxy) is 4. The third-order valence-electron chi connectivity index (χ3n) is 11.1. The number of aromatic nitrogens is 2. The minimum absolute atomic E-state index is 0.00130. The van der Waals surface area contributed by atoms with Crippen LogP contribution >= 0.6 is 8.53 Å². The number of methoxy groups -OCH3 is 2. The van der Waals surface area contributed by atoms with Gasteiger partial charge in [-0.3, -0.25) is 9.36 Å². The van der Waals surface area contributed by atoms with Crippen molar-refractivity contribution in [2.45, 2.75) is 67.3 Å². The molecule has 0 radical (unpaired) electrons. The second kappa shape index (κ2) is 17.9. The predicted octanol–water partition coefficient (Wildman–Crippen LogP) is 6.46. The predicted molar refractivity (Wildman–Crippen MR) is 224 cm³/mol. The molecule has 3 fully saturated rings. The van der Waals surface area contributed by atoms with Crippen molar-refractivity contribution < 1.29 is 41.2 Å². The minimum atomic E-state index is -3.65. The van der Waals surface area contributed by atoms with Crippen LogP contribution in [0.25, 0.3) is 0 Å². The quantitative estimate of drug-likeness (QED) is 0.0907. The Labute approximate surface area is 350 Å². The lowest BCUT2D eigenvalue weighted by Gasteiger charge is -2.37. The van der Waals surface area contributed by atoms with Gasteiger partial charge in [0.1, 0.15) is 35.2 Å². The van der Waals surface area contributed by atoms with Crippen molar-refractivity contribution in [3.05, 3.63) is 149 Å². The fourth-order valence-corrected chi connectivity index (χ4v) is 11.8. The number of nitrogens with zero attached hydrogens (tertiary/aromatic N) is 3. The maximum absolute atomic E-state index is 13.6. The molecule has 3 aliphatic heterocycles. The van der Waals surface area contributed by atoms with Crippen molar-refractivity contribution in [2.24, 2.45) is 0 Å². The molecular formula is C44H47N4O10PS. The summed E-state index contributed by atoms with van der Waals surface area (Å²) in [4.78, 5) is 29.5. The van der Waals surface area contributed by atoms with Crippen LogP contribution in [-0.2, 0) is 38.8 Å². The minimum Gasteiger partial charge on any atom is -0.497 e. The molecule has 6 atom stereocenters. The van der Waals surface area contributed by atoms with Crippen molar-refractivity contribution in [3.8, 4) is 11.5 Å². The van der Waals surface area contributed by atoms with Crippen LogP contribution in [-0.4, -0.2) is 86.0 Å². The number of benzene rings is 4. The topological polar surface area (TPSA) is 157 Å². The van der Waals surface area contributed by atoms with Crippen LogP contribution in [0.15, 0.2) is 131 Å². The highest BCUT2D eigenvalue weighted by atomic mass is 32.2. The summed E-state index contributed by atoms with van der Waals surface area (Å²) in [5, 5.41) is 2.55. The molecule has 314 valence electrons. The zero-order valence-electron chi connectivity index (χ0n) is 33.5. The Morgan fingerprint density at radius 3 is 2.08 bits per heavy atom. The molecule has 1 N–H and O–H groups in total. The van der Waals surface area contributed by atoms with E-state index in [4.69, 9.17) is 28.0 Å². The zero-order valence-corrected chi connectivity index (χ0v) is 35.2.